The molecule has 1 atom stereocenters. The van der Waals surface area contributed by atoms with Crippen LogP contribution in [0.3, 0.4) is 0 Å². The molecule has 0 bridgehead atoms. The lowest BCUT2D eigenvalue weighted by atomic mass is 10.00. The third kappa shape index (κ3) is 3.68. The molecule has 0 saturated carbocycles. The van der Waals surface area contributed by atoms with E-state index in [9.17, 15) is 10.1 Å². The number of hydrogen-bond donors (Lipinski definition) is 1. The normalized spacial score (nSPS) is 17.2. The third-order valence-electron chi connectivity index (χ3n) is 4.56. The minimum Gasteiger partial charge on any atom is -0.348 e. The summed E-state index contributed by atoms with van der Waals surface area (Å²) in [6.07, 6.45) is 5.35. The van der Waals surface area contributed by atoms with Crippen molar-refractivity contribution in [1.29, 1.82) is 0 Å². The highest BCUT2D eigenvalue weighted by atomic mass is 35.5. The summed E-state index contributed by atoms with van der Waals surface area (Å²) in [4.78, 5) is 21.7. The molecule has 0 amide bonds. The lowest BCUT2D eigenvalue weighted by Gasteiger charge is -2.35. The van der Waals surface area contributed by atoms with Crippen LogP contribution in [0.2, 0.25) is 10.0 Å². The molecule has 2 aromatic rings. The lowest BCUT2D eigenvalue weighted by Crippen LogP contribution is -2.40. The van der Waals surface area contributed by atoms with Gasteiger partial charge in [-0.05, 0) is 37.8 Å². The number of benzene rings is 1. The highest BCUT2D eigenvalue weighted by molar-refractivity contribution is 6.43. The Balaban J connectivity index is 2.04. The highest BCUT2D eigenvalue weighted by Crippen LogP contribution is 2.39. The van der Waals surface area contributed by atoms with Crippen molar-refractivity contribution >= 4 is 46.2 Å². The summed E-state index contributed by atoms with van der Waals surface area (Å²) in [5.74, 6) is 0.446. The summed E-state index contributed by atoms with van der Waals surface area (Å²) < 4.78 is 0. The molecule has 1 unspecified atom stereocenters. The number of nitrogens with zero attached hydrogens (tertiary/aromatic N) is 4. The van der Waals surface area contributed by atoms with Crippen molar-refractivity contribution in [3.05, 3.63) is 44.7 Å². The molecule has 9 heteroatoms. The van der Waals surface area contributed by atoms with Crippen molar-refractivity contribution in [2.75, 3.05) is 16.8 Å². The Morgan fingerprint density at radius 3 is 2.88 bits per heavy atom. The maximum absolute atomic E-state index is 11.8. The van der Waals surface area contributed by atoms with Crippen molar-refractivity contribution in [3.63, 3.8) is 0 Å². The molecule has 138 valence electrons. The number of hydrogen-bond acceptors (Lipinski definition) is 6. The largest absolute Gasteiger partial charge is 0.353 e. The van der Waals surface area contributed by atoms with E-state index in [0.717, 1.165) is 32.2 Å². The van der Waals surface area contributed by atoms with Crippen LogP contribution in [0.4, 0.5) is 23.0 Å². The van der Waals surface area contributed by atoms with E-state index >= 15 is 0 Å². The first-order valence-electron chi connectivity index (χ1n) is 8.50. The molecule has 1 aromatic heterocycles. The summed E-state index contributed by atoms with van der Waals surface area (Å²) in [7, 11) is 0. The minimum atomic E-state index is -0.447. The van der Waals surface area contributed by atoms with Gasteiger partial charge in [0, 0.05) is 12.6 Å². The van der Waals surface area contributed by atoms with Crippen molar-refractivity contribution < 1.29 is 4.92 Å². The molecule has 1 aliphatic heterocycles. The topological polar surface area (TPSA) is 84.2 Å². The van der Waals surface area contributed by atoms with Gasteiger partial charge in [0.2, 0.25) is 11.6 Å². The van der Waals surface area contributed by atoms with Crippen molar-refractivity contribution in [3.8, 4) is 0 Å². The number of anilines is 3. The van der Waals surface area contributed by atoms with E-state index in [0.29, 0.717) is 16.5 Å². The van der Waals surface area contributed by atoms with E-state index in [-0.39, 0.29) is 22.6 Å². The van der Waals surface area contributed by atoms with Gasteiger partial charge in [0.1, 0.15) is 6.33 Å². The fourth-order valence-electron chi connectivity index (χ4n) is 3.27. The predicted molar refractivity (Wildman–Crippen MR) is 104 cm³/mol. The van der Waals surface area contributed by atoms with Gasteiger partial charge in [0.25, 0.3) is 0 Å². The molecule has 0 aliphatic carbocycles. The first kappa shape index (κ1) is 18.7. The Kier molecular flexibility index (Phi) is 5.78. The number of halogens is 2. The lowest BCUT2D eigenvalue weighted by molar-refractivity contribution is -0.383. The van der Waals surface area contributed by atoms with E-state index in [4.69, 9.17) is 23.2 Å². The molecule has 7 nitrogen and oxygen atoms in total. The molecule has 3 rings (SSSR count). The molecule has 26 heavy (non-hydrogen) atoms. The van der Waals surface area contributed by atoms with Crippen LogP contribution >= 0.6 is 23.2 Å². The minimum absolute atomic E-state index is 0.101. The van der Waals surface area contributed by atoms with Gasteiger partial charge in [0.05, 0.1) is 20.7 Å². The van der Waals surface area contributed by atoms with Gasteiger partial charge in [-0.15, -0.1) is 0 Å². The zero-order chi connectivity index (χ0) is 18.7. The second-order valence-electron chi connectivity index (χ2n) is 6.13. The standard InChI is InChI=1S/C17H19Cl2N5O2/c1-2-11-6-3-4-9-23(11)17-15(24(25)26)16(20-10-21-17)22-13-8-5-7-12(18)14(13)19/h5,7-8,10-11H,2-4,6,9H2,1H3,(H,20,21,22). The predicted octanol–water partition coefficient (Wildman–Crippen LogP) is 5.20. The molecule has 1 aromatic carbocycles. The summed E-state index contributed by atoms with van der Waals surface area (Å²) in [6, 6.07) is 5.28. The quantitative estimate of drug-likeness (QED) is 0.552. The second kappa shape index (κ2) is 8.05. The van der Waals surface area contributed by atoms with Gasteiger partial charge in [-0.2, -0.15) is 0 Å². The second-order valence-corrected chi connectivity index (χ2v) is 6.91. The molecule has 0 radical (unpaired) electrons. The van der Waals surface area contributed by atoms with E-state index in [1.807, 2.05) is 4.90 Å². The molecule has 2 heterocycles. The Morgan fingerprint density at radius 1 is 1.35 bits per heavy atom. The van der Waals surface area contributed by atoms with E-state index in [1.165, 1.54) is 6.33 Å². The monoisotopic (exact) mass is 395 g/mol. The number of piperidine rings is 1. The Morgan fingerprint density at radius 2 is 2.15 bits per heavy atom. The Bertz CT molecular complexity index is 818. The van der Waals surface area contributed by atoms with Crippen LogP contribution in [0, 0.1) is 10.1 Å². The van der Waals surface area contributed by atoms with Gasteiger partial charge in [-0.1, -0.05) is 36.2 Å². The molecule has 1 N–H and O–H groups in total. The molecule has 0 spiro atoms. The maximum Gasteiger partial charge on any atom is 0.353 e. The number of nitrogens with one attached hydrogen (secondary N) is 1. The van der Waals surface area contributed by atoms with Crippen molar-refractivity contribution in [1.82, 2.24) is 9.97 Å². The maximum atomic E-state index is 11.8. The van der Waals surface area contributed by atoms with E-state index in [2.05, 4.69) is 22.2 Å². The van der Waals surface area contributed by atoms with Gasteiger partial charge in [-0.25, -0.2) is 9.97 Å². The van der Waals surface area contributed by atoms with Crippen LogP contribution in [0.1, 0.15) is 32.6 Å². The van der Waals surface area contributed by atoms with Crippen LogP contribution < -0.4 is 10.2 Å². The number of rotatable bonds is 5. The smallest absolute Gasteiger partial charge is 0.348 e. The molecule has 1 fully saturated rings. The first-order valence-corrected chi connectivity index (χ1v) is 9.25. The van der Waals surface area contributed by atoms with Crippen LogP contribution in [0.25, 0.3) is 0 Å². The average Bonchev–Trinajstić information content (AvgIpc) is 2.65. The SMILES string of the molecule is CCC1CCCCN1c1ncnc(Nc2cccc(Cl)c2Cl)c1[N+](=O)[O-]. The number of nitro groups is 1. The molecular weight excluding hydrogens is 377 g/mol. The van der Waals surface area contributed by atoms with Gasteiger partial charge in [0.15, 0.2) is 0 Å². The summed E-state index contributed by atoms with van der Waals surface area (Å²) in [5.41, 5.74) is 0.307. The molecule has 1 saturated heterocycles. The average molecular weight is 396 g/mol. The van der Waals surface area contributed by atoms with E-state index in [1.54, 1.807) is 18.2 Å². The molecular formula is C17H19Cl2N5O2. The fraction of sp³-hybridized carbons (Fsp3) is 0.412. The van der Waals surface area contributed by atoms with Crippen LogP contribution in [0.15, 0.2) is 24.5 Å². The number of aromatic nitrogens is 2. The van der Waals surface area contributed by atoms with Crippen molar-refractivity contribution in [2.45, 2.75) is 38.6 Å². The summed E-state index contributed by atoms with van der Waals surface area (Å²) in [6.45, 7) is 2.83. The fourth-order valence-corrected chi connectivity index (χ4v) is 3.62. The van der Waals surface area contributed by atoms with Crippen LogP contribution in [-0.4, -0.2) is 27.5 Å². The highest BCUT2D eigenvalue weighted by Gasteiger charge is 2.32. The van der Waals surface area contributed by atoms with Crippen molar-refractivity contribution in [2.24, 2.45) is 0 Å². The van der Waals surface area contributed by atoms with E-state index < -0.39 is 4.92 Å². The zero-order valence-corrected chi connectivity index (χ0v) is 15.8. The van der Waals surface area contributed by atoms with Gasteiger partial charge in [-0.3, -0.25) is 10.1 Å². The first-order chi connectivity index (χ1) is 12.5. The molecule has 1 aliphatic rings. The summed E-state index contributed by atoms with van der Waals surface area (Å²) in [5, 5.41) is 15.4. The Hall–Kier alpha value is -2.12. The third-order valence-corrected chi connectivity index (χ3v) is 5.38. The van der Waals surface area contributed by atoms with Gasteiger partial charge >= 0.3 is 5.69 Å². The van der Waals surface area contributed by atoms with Gasteiger partial charge < -0.3 is 10.2 Å². The van der Waals surface area contributed by atoms with Crippen LogP contribution in [0.5, 0.6) is 0 Å². The zero-order valence-electron chi connectivity index (χ0n) is 14.3. The van der Waals surface area contributed by atoms with Crippen LogP contribution in [-0.2, 0) is 0 Å². The Labute approximate surface area is 161 Å². The summed E-state index contributed by atoms with van der Waals surface area (Å²) >= 11 is 12.2.